The molecule has 1 aromatic rings. The van der Waals surface area contributed by atoms with E-state index in [2.05, 4.69) is 54.6 Å². The SMILES string of the molecule is Cc1ccc(NCC2CNCCN2C)cc1C. The van der Waals surface area contributed by atoms with Crippen molar-refractivity contribution < 1.29 is 0 Å². The van der Waals surface area contributed by atoms with Crippen molar-refractivity contribution in [2.75, 3.05) is 38.5 Å². The molecule has 1 atom stereocenters. The van der Waals surface area contributed by atoms with E-state index >= 15 is 0 Å². The molecule has 1 saturated heterocycles. The Labute approximate surface area is 104 Å². The predicted molar refractivity (Wildman–Crippen MR) is 73.7 cm³/mol. The number of hydrogen-bond acceptors (Lipinski definition) is 3. The van der Waals surface area contributed by atoms with Gasteiger partial charge in [-0.2, -0.15) is 0 Å². The first-order chi connectivity index (χ1) is 8.16. The summed E-state index contributed by atoms with van der Waals surface area (Å²) in [4.78, 5) is 2.42. The van der Waals surface area contributed by atoms with Gasteiger partial charge < -0.3 is 10.6 Å². The number of nitrogens with one attached hydrogen (secondary N) is 2. The predicted octanol–water partition coefficient (Wildman–Crippen LogP) is 1.62. The van der Waals surface area contributed by atoms with Gasteiger partial charge in [-0.25, -0.2) is 0 Å². The molecule has 1 aliphatic rings. The van der Waals surface area contributed by atoms with Crippen molar-refractivity contribution in [1.82, 2.24) is 10.2 Å². The maximum Gasteiger partial charge on any atom is 0.0390 e. The Morgan fingerprint density at radius 3 is 2.88 bits per heavy atom. The van der Waals surface area contributed by atoms with Gasteiger partial charge in [0, 0.05) is 37.9 Å². The van der Waals surface area contributed by atoms with E-state index in [9.17, 15) is 0 Å². The number of hydrogen-bond donors (Lipinski definition) is 2. The molecule has 0 saturated carbocycles. The van der Waals surface area contributed by atoms with Crippen LogP contribution in [0.15, 0.2) is 18.2 Å². The summed E-state index contributed by atoms with van der Waals surface area (Å²) in [6.07, 6.45) is 0. The zero-order chi connectivity index (χ0) is 12.3. The third-order valence-electron chi connectivity index (χ3n) is 3.69. The lowest BCUT2D eigenvalue weighted by Crippen LogP contribution is -2.52. The number of aryl methyl sites for hydroxylation is 2. The highest BCUT2D eigenvalue weighted by atomic mass is 15.2. The molecule has 1 unspecified atom stereocenters. The largest absolute Gasteiger partial charge is 0.383 e. The smallest absolute Gasteiger partial charge is 0.0390 e. The van der Waals surface area contributed by atoms with Crippen LogP contribution in [0.1, 0.15) is 11.1 Å². The van der Waals surface area contributed by atoms with Gasteiger partial charge >= 0.3 is 0 Å². The van der Waals surface area contributed by atoms with Crippen LogP contribution < -0.4 is 10.6 Å². The van der Waals surface area contributed by atoms with Gasteiger partial charge in [-0.15, -0.1) is 0 Å². The molecular weight excluding hydrogens is 210 g/mol. The average Bonchev–Trinajstić information content (AvgIpc) is 2.32. The van der Waals surface area contributed by atoms with E-state index in [4.69, 9.17) is 0 Å². The Morgan fingerprint density at radius 1 is 1.35 bits per heavy atom. The fraction of sp³-hybridized carbons (Fsp3) is 0.571. The first-order valence-electron chi connectivity index (χ1n) is 6.39. The highest BCUT2D eigenvalue weighted by molar-refractivity contribution is 5.48. The summed E-state index contributed by atoms with van der Waals surface area (Å²) in [5.41, 5.74) is 3.93. The molecule has 94 valence electrons. The Kier molecular flexibility index (Phi) is 4.02. The summed E-state index contributed by atoms with van der Waals surface area (Å²) >= 11 is 0. The number of piperazine rings is 1. The van der Waals surface area contributed by atoms with Crippen molar-refractivity contribution in [2.45, 2.75) is 19.9 Å². The van der Waals surface area contributed by atoms with E-state index in [0.717, 1.165) is 26.2 Å². The molecule has 2 N–H and O–H groups in total. The molecule has 1 fully saturated rings. The molecule has 0 spiro atoms. The van der Waals surface area contributed by atoms with Crippen LogP contribution in [0.3, 0.4) is 0 Å². The van der Waals surface area contributed by atoms with Crippen LogP contribution in [0.4, 0.5) is 5.69 Å². The van der Waals surface area contributed by atoms with Crippen LogP contribution in [0.25, 0.3) is 0 Å². The number of nitrogens with zero attached hydrogens (tertiary/aromatic N) is 1. The third kappa shape index (κ3) is 3.20. The number of rotatable bonds is 3. The van der Waals surface area contributed by atoms with Gasteiger partial charge in [-0.1, -0.05) is 6.07 Å². The van der Waals surface area contributed by atoms with E-state index in [-0.39, 0.29) is 0 Å². The van der Waals surface area contributed by atoms with Crippen molar-refractivity contribution in [3.05, 3.63) is 29.3 Å². The molecule has 0 aliphatic carbocycles. The normalized spacial score (nSPS) is 21.5. The van der Waals surface area contributed by atoms with E-state index in [1.807, 2.05) is 0 Å². The molecule has 0 bridgehead atoms. The second-order valence-corrected chi connectivity index (χ2v) is 5.02. The zero-order valence-corrected chi connectivity index (χ0v) is 11.1. The van der Waals surface area contributed by atoms with Crippen molar-refractivity contribution in [3.63, 3.8) is 0 Å². The second-order valence-electron chi connectivity index (χ2n) is 5.02. The van der Waals surface area contributed by atoms with Crippen LogP contribution in [-0.2, 0) is 0 Å². The molecule has 17 heavy (non-hydrogen) atoms. The quantitative estimate of drug-likeness (QED) is 0.831. The summed E-state index contributed by atoms with van der Waals surface area (Å²) in [5, 5.41) is 6.97. The fourth-order valence-electron chi connectivity index (χ4n) is 2.18. The minimum Gasteiger partial charge on any atom is -0.383 e. The summed E-state index contributed by atoms with van der Waals surface area (Å²) in [6, 6.07) is 7.16. The topological polar surface area (TPSA) is 27.3 Å². The van der Waals surface area contributed by atoms with Gasteiger partial charge in [0.05, 0.1) is 0 Å². The van der Waals surface area contributed by atoms with Crippen LogP contribution in [0, 0.1) is 13.8 Å². The fourth-order valence-corrected chi connectivity index (χ4v) is 2.18. The molecule has 0 radical (unpaired) electrons. The Balaban J connectivity index is 1.90. The third-order valence-corrected chi connectivity index (χ3v) is 3.69. The highest BCUT2D eigenvalue weighted by Crippen LogP contribution is 2.14. The zero-order valence-electron chi connectivity index (χ0n) is 11.1. The van der Waals surface area contributed by atoms with Gasteiger partial charge in [-0.3, -0.25) is 4.90 Å². The lowest BCUT2D eigenvalue weighted by Gasteiger charge is -2.33. The van der Waals surface area contributed by atoms with Crippen molar-refractivity contribution in [3.8, 4) is 0 Å². The van der Waals surface area contributed by atoms with E-state index in [0.29, 0.717) is 6.04 Å². The Bertz CT molecular complexity index is 376. The molecule has 1 aromatic carbocycles. The summed E-state index contributed by atoms with van der Waals surface area (Å²) < 4.78 is 0. The van der Waals surface area contributed by atoms with Crippen LogP contribution >= 0.6 is 0 Å². The Hall–Kier alpha value is -1.06. The van der Waals surface area contributed by atoms with Crippen LogP contribution in [0.5, 0.6) is 0 Å². The van der Waals surface area contributed by atoms with E-state index in [1.54, 1.807) is 0 Å². The van der Waals surface area contributed by atoms with Crippen molar-refractivity contribution in [2.24, 2.45) is 0 Å². The standard InChI is InChI=1S/C14H23N3/c1-11-4-5-13(8-12(11)2)16-10-14-9-15-6-7-17(14)3/h4-5,8,14-16H,6-7,9-10H2,1-3H3. The Morgan fingerprint density at radius 2 is 2.18 bits per heavy atom. The van der Waals surface area contributed by atoms with Crippen LogP contribution in [-0.4, -0.2) is 44.2 Å². The maximum absolute atomic E-state index is 3.53. The number of anilines is 1. The molecule has 1 aliphatic heterocycles. The molecule has 0 amide bonds. The lowest BCUT2D eigenvalue weighted by molar-refractivity contribution is 0.209. The average molecular weight is 233 g/mol. The lowest BCUT2D eigenvalue weighted by atomic mass is 10.1. The van der Waals surface area contributed by atoms with Crippen LogP contribution in [0.2, 0.25) is 0 Å². The van der Waals surface area contributed by atoms with Gasteiger partial charge in [0.25, 0.3) is 0 Å². The molecular formula is C14H23N3. The minimum absolute atomic E-state index is 0.588. The highest BCUT2D eigenvalue weighted by Gasteiger charge is 2.17. The number of likely N-dealkylation sites (N-methyl/N-ethyl adjacent to an activating group) is 1. The molecule has 0 aromatic heterocycles. The summed E-state index contributed by atoms with van der Waals surface area (Å²) in [5.74, 6) is 0. The van der Waals surface area contributed by atoms with Gasteiger partial charge in [0.2, 0.25) is 0 Å². The van der Waals surface area contributed by atoms with Crippen molar-refractivity contribution >= 4 is 5.69 Å². The second kappa shape index (κ2) is 5.52. The molecule has 3 nitrogen and oxygen atoms in total. The summed E-state index contributed by atoms with van der Waals surface area (Å²) in [7, 11) is 2.20. The van der Waals surface area contributed by atoms with E-state index < -0.39 is 0 Å². The summed E-state index contributed by atoms with van der Waals surface area (Å²) in [6.45, 7) is 8.64. The van der Waals surface area contributed by atoms with Crippen molar-refractivity contribution in [1.29, 1.82) is 0 Å². The maximum atomic E-state index is 3.53. The van der Waals surface area contributed by atoms with E-state index in [1.165, 1.54) is 16.8 Å². The van der Waals surface area contributed by atoms with Gasteiger partial charge in [0.15, 0.2) is 0 Å². The molecule has 2 rings (SSSR count). The molecule has 1 heterocycles. The monoisotopic (exact) mass is 233 g/mol. The molecule has 3 heteroatoms. The van der Waals surface area contributed by atoms with Gasteiger partial charge in [0.1, 0.15) is 0 Å². The number of benzene rings is 1. The minimum atomic E-state index is 0.588. The first-order valence-corrected chi connectivity index (χ1v) is 6.39. The first kappa shape index (κ1) is 12.4. The van der Waals surface area contributed by atoms with Gasteiger partial charge in [-0.05, 0) is 44.2 Å².